The maximum Gasteiger partial charge on any atom is 0.416 e. The number of aromatic nitrogens is 2. The van der Waals surface area contributed by atoms with Crippen molar-refractivity contribution < 1.29 is 22.7 Å². The summed E-state index contributed by atoms with van der Waals surface area (Å²) in [6, 6.07) is 11.5. The topological polar surface area (TPSA) is 55.3 Å². The van der Waals surface area contributed by atoms with Gasteiger partial charge in [-0.15, -0.1) is 0 Å². The number of fused-ring (bicyclic) bond motifs is 1. The predicted octanol–water partition coefficient (Wildman–Crippen LogP) is 4.98. The van der Waals surface area contributed by atoms with E-state index in [-0.39, 0.29) is 18.5 Å². The maximum atomic E-state index is 13.4. The SMILES string of the molecule is CC[C@@H]1COc2ccc(-c3ccc(C(F)(F)F)cc3)cc2C(=O)N1Cc1ncccn1. The van der Waals surface area contributed by atoms with Crippen LogP contribution in [-0.2, 0) is 12.7 Å². The first-order valence-corrected chi connectivity index (χ1v) is 9.88. The van der Waals surface area contributed by atoms with Crippen LogP contribution in [0.1, 0.15) is 35.1 Å². The van der Waals surface area contributed by atoms with Crippen LogP contribution in [0.4, 0.5) is 13.2 Å². The molecule has 1 aromatic heterocycles. The zero-order chi connectivity index (χ0) is 22.0. The number of alkyl halides is 3. The van der Waals surface area contributed by atoms with Crippen LogP contribution in [-0.4, -0.2) is 33.4 Å². The van der Waals surface area contributed by atoms with Gasteiger partial charge in [-0.2, -0.15) is 13.2 Å². The molecule has 3 aromatic rings. The minimum absolute atomic E-state index is 0.154. The summed E-state index contributed by atoms with van der Waals surface area (Å²) in [5.41, 5.74) is 0.864. The lowest BCUT2D eigenvalue weighted by Crippen LogP contribution is -2.41. The Morgan fingerprint density at radius 2 is 1.74 bits per heavy atom. The summed E-state index contributed by atoms with van der Waals surface area (Å²) in [7, 11) is 0. The number of carbonyl (C=O) groups excluding carboxylic acids is 1. The second-order valence-electron chi connectivity index (χ2n) is 7.26. The molecule has 2 aromatic carbocycles. The summed E-state index contributed by atoms with van der Waals surface area (Å²) in [6.07, 6.45) is -0.457. The molecular weight excluding hydrogens is 407 g/mol. The number of rotatable bonds is 4. The minimum Gasteiger partial charge on any atom is -0.491 e. The van der Waals surface area contributed by atoms with Crippen LogP contribution < -0.4 is 4.74 Å². The van der Waals surface area contributed by atoms with Gasteiger partial charge in [-0.1, -0.05) is 25.1 Å². The van der Waals surface area contributed by atoms with E-state index in [1.54, 1.807) is 41.6 Å². The van der Waals surface area contributed by atoms with Crippen LogP contribution in [0.15, 0.2) is 60.9 Å². The molecule has 0 saturated heterocycles. The van der Waals surface area contributed by atoms with Gasteiger partial charge in [0, 0.05) is 12.4 Å². The fourth-order valence-electron chi connectivity index (χ4n) is 3.55. The van der Waals surface area contributed by atoms with Crippen molar-refractivity contribution in [3.8, 4) is 16.9 Å². The van der Waals surface area contributed by atoms with E-state index in [0.717, 1.165) is 12.1 Å². The first-order chi connectivity index (χ1) is 14.9. The van der Waals surface area contributed by atoms with E-state index >= 15 is 0 Å². The van der Waals surface area contributed by atoms with Crippen molar-refractivity contribution in [2.75, 3.05) is 6.61 Å². The van der Waals surface area contributed by atoms with Crippen molar-refractivity contribution in [1.29, 1.82) is 0 Å². The molecule has 0 fully saturated rings. The first-order valence-electron chi connectivity index (χ1n) is 9.88. The Hall–Kier alpha value is -3.42. The Morgan fingerprint density at radius 3 is 2.39 bits per heavy atom. The van der Waals surface area contributed by atoms with Gasteiger partial charge in [0.15, 0.2) is 0 Å². The van der Waals surface area contributed by atoms with Gasteiger partial charge in [-0.3, -0.25) is 4.79 Å². The number of amides is 1. The molecule has 0 spiro atoms. The number of nitrogens with zero attached hydrogens (tertiary/aromatic N) is 3. The Morgan fingerprint density at radius 1 is 1.06 bits per heavy atom. The highest BCUT2D eigenvalue weighted by Gasteiger charge is 2.32. The minimum atomic E-state index is -4.40. The van der Waals surface area contributed by atoms with Crippen molar-refractivity contribution in [3.63, 3.8) is 0 Å². The average Bonchev–Trinajstić information content (AvgIpc) is 2.90. The summed E-state index contributed by atoms with van der Waals surface area (Å²) in [6.45, 7) is 2.55. The molecular formula is C23H20F3N3O2. The van der Waals surface area contributed by atoms with E-state index in [1.807, 2.05) is 6.92 Å². The van der Waals surface area contributed by atoms with Crippen molar-refractivity contribution in [1.82, 2.24) is 14.9 Å². The van der Waals surface area contributed by atoms with E-state index in [1.165, 1.54) is 12.1 Å². The van der Waals surface area contributed by atoms with Crippen LogP contribution in [0.3, 0.4) is 0 Å². The molecule has 2 heterocycles. The molecule has 0 radical (unpaired) electrons. The maximum absolute atomic E-state index is 13.4. The van der Waals surface area contributed by atoms with E-state index in [9.17, 15) is 18.0 Å². The molecule has 5 nitrogen and oxygen atoms in total. The second-order valence-corrected chi connectivity index (χ2v) is 7.26. The summed E-state index contributed by atoms with van der Waals surface area (Å²) in [5, 5.41) is 0. The Labute approximate surface area is 177 Å². The van der Waals surface area contributed by atoms with Crippen molar-refractivity contribution in [3.05, 3.63) is 77.9 Å². The normalized spacial score (nSPS) is 16.5. The molecule has 0 unspecified atom stereocenters. The Kier molecular flexibility index (Phi) is 5.63. The second kappa shape index (κ2) is 8.37. The number of hydrogen-bond donors (Lipinski definition) is 0. The van der Waals surface area contributed by atoms with Crippen molar-refractivity contribution in [2.45, 2.75) is 32.1 Å². The molecule has 4 rings (SSSR count). The molecule has 8 heteroatoms. The lowest BCUT2D eigenvalue weighted by Gasteiger charge is -2.27. The standard InChI is InChI=1S/C23H20F3N3O2/c1-2-18-14-31-20-9-6-16(15-4-7-17(8-5-15)23(24,25)26)12-19(20)22(30)29(18)13-21-27-10-3-11-28-21/h3-12,18H,2,13-14H2,1H3/t18-/m1/s1. The lowest BCUT2D eigenvalue weighted by atomic mass is 10.0. The van der Waals surface area contributed by atoms with E-state index < -0.39 is 11.7 Å². The predicted molar refractivity (Wildman–Crippen MR) is 108 cm³/mol. The monoisotopic (exact) mass is 427 g/mol. The third-order valence-electron chi connectivity index (χ3n) is 5.29. The molecule has 0 N–H and O–H groups in total. The van der Waals surface area contributed by atoms with E-state index in [2.05, 4.69) is 9.97 Å². The molecule has 31 heavy (non-hydrogen) atoms. The zero-order valence-electron chi connectivity index (χ0n) is 16.8. The largest absolute Gasteiger partial charge is 0.491 e. The van der Waals surface area contributed by atoms with E-state index in [4.69, 9.17) is 4.74 Å². The van der Waals surface area contributed by atoms with Gasteiger partial charge in [-0.05, 0) is 47.9 Å². The van der Waals surface area contributed by atoms with Gasteiger partial charge >= 0.3 is 6.18 Å². The van der Waals surface area contributed by atoms with Gasteiger partial charge in [0.1, 0.15) is 18.2 Å². The summed E-state index contributed by atoms with van der Waals surface area (Å²) in [5.74, 6) is 0.757. The number of halogens is 3. The third-order valence-corrected chi connectivity index (χ3v) is 5.29. The van der Waals surface area contributed by atoms with Gasteiger partial charge in [0.25, 0.3) is 5.91 Å². The van der Waals surface area contributed by atoms with Gasteiger partial charge in [0.2, 0.25) is 0 Å². The number of benzene rings is 2. The Bertz CT molecular complexity index is 1070. The van der Waals surface area contributed by atoms with Crippen LogP contribution >= 0.6 is 0 Å². The van der Waals surface area contributed by atoms with Crippen molar-refractivity contribution >= 4 is 5.91 Å². The highest BCUT2D eigenvalue weighted by atomic mass is 19.4. The van der Waals surface area contributed by atoms with Crippen LogP contribution in [0.25, 0.3) is 11.1 Å². The molecule has 160 valence electrons. The zero-order valence-corrected chi connectivity index (χ0v) is 16.8. The summed E-state index contributed by atoms with van der Waals surface area (Å²) < 4.78 is 44.5. The number of hydrogen-bond acceptors (Lipinski definition) is 4. The smallest absolute Gasteiger partial charge is 0.416 e. The fourth-order valence-corrected chi connectivity index (χ4v) is 3.55. The lowest BCUT2D eigenvalue weighted by molar-refractivity contribution is -0.137. The quantitative estimate of drug-likeness (QED) is 0.590. The molecule has 1 aliphatic heterocycles. The van der Waals surface area contributed by atoms with Crippen LogP contribution in [0.5, 0.6) is 5.75 Å². The summed E-state index contributed by atoms with van der Waals surface area (Å²) in [4.78, 5) is 23.5. The highest BCUT2D eigenvalue weighted by molar-refractivity contribution is 5.98. The highest BCUT2D eigenvalue weighted by Crippen LogP contribution is 2.34. The third kappa shape index (κ3) is 4.38. The number of carbonyl (C=O) groups is 1. The number of ether oxygens (including phenoxy) is 1. The van der Waals surface area contributed by atoms with Crippen LogP contribution in [0, 0.1) is 0 Å². The summed E-state index contributed by atoms with van der Waals surface area (Å²) >= 11 is 0. The van der Waals surface area contributed by atoms with E-state index in [0.29, 0.717) is 41.3 Å². The molecule has 0 aliphatic carbocycles. The molecule has 1 aliphatic rings. The van der Waals surface area contributed by atoms with Gasteiger partial charge < -0.3 is 9.64 Å². The Balaban J connectivity index is 1.68. The van der Waals surface area contributed by atoms with Gasteiger partial charge in [0.05, 0.1) is 23.7 Å². The van der Waals surface area contributed by atoms with Crippen molar-refractivity contribution in [2.24, 2.45) is 0 Å². The average molecular weight is 427 g/mol. The molecule has 0 saturated carbocycles. The van der Waals surface area contributed by atoms with Gasteiger partial charge in [-0.25, -0.2) is 9.97 Å². The fraction of sp³-hybridized carbons (Fsp3) is 0.261. The molecule has 1 atom stereocenters. The molecule has 0 bridgehead atoms. The van der Waals surface area contributed by atoms with Crippen LogP contribution in [0.2, 0.25) is 0 Å². The molecule has 1 amide bonds. The first kappa shape index (κ1) is 20.8.